The maximum atomic E-state index is 12.3. The number of nitrogens with one attached hydrogen (secondary N) is 2. The normalized spacial score (nSPS) is 12.2. The molecule has 2 aromatic heterocycles. The van der Waals surface area contributed by atoms with Crippen molar-refractivity contribution in [1.82, 2.24) is 15.1 Å². The molecule has 24 heavy (non-hydrogen) atoms. The number of fused-ring (bicyclic) bond motifs is 1. The molecule has 2 N–H and O–H groups in total. The molecular formula is C17H17N3O4. The Morgan fingerprint density at radius 2 is 1.96 bits per heavy atom. The lowest BCUT2D eigenvalue weighted by molar-refractivity contribution is -0.122. The highest BCUT2D eigenvalue weighted by Crippen LogP contribution is 2.12. The maximum Gasteiger partial charge on any atom is 0.273 e. The number of hydrogen-bond acceptors (Lipinski definition) is 4. The molecule has 7 heteroatoms. The number of furan rings is 1. The van der Waals surface area contributed by atoms with E-state index < -0.39 is 0 Å². The van der Waals surface area contributed by atoms with E-state index in [1.807, 2.05) is 0 Å². The third-order valence-corrected chi connectivity index (χ3v) is 3.79. The van der Waals surface area contributed by atoms with E-state index in [-0.39, 0.29) is 36.0 Å². The first-order chi connectivity index (χ1) is 11.6. The van der Waals surface area contributed by atoms with Crippen LogP contribution in [0, 0.1) is 0 Å². The summed E-state index contributed by atoms with van der Waals surface area (Å²) in [5.74, 6) is 0.416. The number of hydrogen-bond donors (Lipinski definition) is 2. The summed E-state index contributed by atoms with van der Waals surface area (Å²) in [5, 5.41) is 5.97. The first-order valence-corrected chi connectivity index (χ1v) is 7.61. The van der Waals surface area contributed by atoms with E-state index in [0.29, 0.717) is 16.5 Å². The van der Waals surface area contributed by atoms with Gasteiger partial charge in [-0.2, -0.15) is 0 Å². The molecule has 1 unspecified atom stereocenters. The molecule has 3 rings (SSSR count). The van der Waals surface area contributed by atoms with Crippen molar-refractivity contribution in [2.75, 3.05) is 0 Å². The Labute approximate surface area is 136 Å². The Balaban J connectivity index is 1.72. The number of nitrogens with zero attached hydrogens (tertiary/aromatic N) is 1. The van der Waals surface area contributed by atoms with Crippen LogP contribution in [-0.4, -0.2) is 15.7 Å². The zero-order chi connectivity index (χ0) is 17.1. The van der Waals surface area contributed by atoms with Gasteiger partial charge in [0.2, 0.25) is 5.91 Å². The van der Waals surface area contributed by atoms with E-state index in [1.165, 1.54) is 10.9 Å². The van der Waals surface area contributed by atoms with Crippen LogP contribution >= 0.6 is 0 Å². The van der Waals surface area contributed by atoms with Gasteiger partial charge in [-0.1, -0.05) is 12.1 Å². The SMILES string of the molecule is CC(NC(=O)CCn1[nH]c(=O)c2ccccc2c1=O)c1ccco1. The van der Waals surface area contributed by atoms with Crippen LogP contribution in [-0.2, 0) is 11.3 Å². The number of carbonyl (C=O) groups is 1. The molecule has 0 spiro atoms. The second-order valence-electron chi connectivity index (χ2n) is 5.50. The van der Waals surface area contributed by atoms with Gasteiger partial charge in [0, 0.05) is 6.42 Å². The second-order valence-corrected chi connectivity index (χ2v) is 5.50. The second kappa shape index (κ2) is 6.57. The molecule has 3 aromatic rings. The Kier molecular flexibility index (Phi) is 4.33. The van der Waals surface area contributed by atoms with Crippen LogP contribution in [0.2, 0.25) is 0 Å². The average molecular weight is 327 g/mol. The lowest BCUT2D eigenvalue weighted by Gasteiger charge is -2.12. The van der Waals surface area contributed by atoms with Gasteiger partial charge in [-0.15, -0.1) is 0 Å². The molecule has 7 nitrogen and oxygen atoms in total. The Morgan fingerprint density at radius 3 is 2.67 bits per heavy atom. The summed E-state index contributed by atoms with van der Waals surface area (Å²) in [7, 11) is 0. The first-order valence-electron chi connectivity index (χ1n) is 7.61. The Hall–Kier alpha value is -3.09. The van der Waals surface area contributed by atoms with Crippen LogP contribution in [0.4, 0.5) is 0 Å². The molecule has 0 radical (unpaired) electrons. The smallest absolute Gasteiger partial charge is 0.273 e. The first kappa shape index (κ1) is 15.8. The maximum absolute atomic E-state index is 12.3. The molecular weight excluding hydrogens is 310 g/mol. The number of aryl methyl sites for hydroxylation is 1. The molecule has 0 saturated heterocycles. The predicted octanol–water partition coefficient (Wildman–Crippen LogP) is 1.55. The fraction of sp³-hybridized carbons (Fsp3) is 0.235. The molecule has 0 aliphatic heterocycles. The van der Waals surface area contributed by atoms with Gasteiger partial charge in [0.15, 0.2) is 0 Å². The average Bonchev–Trinajstić information content (AvgIpc) is 3.11. The van der Waals surface area contributed by atoms with Crippen molar-refractivity contribution in [3.63, 3.8) is 0 Å². The lowest BCUT2D eigenvalue weighted by Crippen LogP contribution is -2.33. The number of aromatic nitrogens is 2. The minimum atomic E-state index is -0.352. The van der Waals surface area contributed by atoms with Crippen LogP contribution in [0.3, 0.4) is 0 Å². The van der Waals surface area contributed by atoms with Gasteiger partial charge < -0.3 is 9.73 Å². The fourth-order valence-corrected chi connectivity index (χ4v) is 2.54. The fourth-order valence-electron chi connectivity index (χ4n) is 2.54. The monoisotopic (exact) mass is 327 g/mol. The molecule has 1 atom stereocenters. The Bertz CT molecular complexity index is 969. The van der Waals surface area contributed by atoms with Gasteiger partial charge >= 0.3 is 0 Å². The predicted molar refractivity (Wildman–Crippen MR) is 88.7 cm³/mol. The summed E-state index contributed by atoms with van der Waals surface area (Å²) >= 11 is 0. The lowest BCUT2D eigenvalue weighted by atomic mass is 10.2. The summed E-state index contributed by atoms with van der Waals surface area (Å²) in [4.78, 5) is 36.4. The van der Waals surface area contributed by atoms with Gasteiger partial charge in [-0.25, -0.2) is 4.68 Å². The van der Waals surface area contributed by atoms with Gasteiger partial charge in [-0.3, -0.25) is 19.5 Å². The van der Waals surface area contributed by atoms with E-state index in [4.69, 9.17) is 4.42 Å². The van der Waals surface area contributed by atoms with Crippen molar-refractivity contribution in [2.45, 2.75) is 25.9 Å². The minimum Gasteiger partial charge on any atom is -0.467 e. The number of carbonyl (C=O) groups excluding carboxylic acids is 1. The van der Waals surface area contributed by atoms with E-state index in [9.17, 15) is 14.4 Å². The summed E-state index contributed by atoms with van der Waals surface area (Å²) in [5.41, 5.74) is -0.674. The standard InChI is InChI=1S/C17H17N3O4/c1-11(14-7-4-10-24-14)18-15(21)8-9-20-17(23)13-6-3-2-5-12(13)16(22)19-20/h2-7,10-11H,8-9H2,1H3,(H,18,21)(H,19,22). The number of amides is 1. The van der Waals surface area contributed by atoms with Crippen LogP contribution in [0.15, 0.2) is 56.7 Å². The van der Waals surface area contributed by atoms with E-state index in [1.54, 1.807) is 43.3 Å². The highest BCUT2D eigenvalue weighted by atomic mass is 16.3. The van der Waals surface area contributed by atoms with E-state index in [2.05, 4.69) is 10.4 Å². The van der Waals surface area contributed by atoms with Gasteiger partial charge in [-0.05, 0) is 31.2 Å². The van der Waals surface area contributed by atoms with Crippen molar-refractivity contribution >= 4 is 16.7 Å². The van der Waals surface area contributed by atoms with Crippen LogP contribution < -0.4 is 16.4 Å². The molecule has 0 bridgehead atoms. The molecule has 0 aliphatic carbocycles. The van der Waals surface area contributed by atoms with Crippen molar-refractivity contribution in [1.29, 1.82) is 0 Å². The third-order valence-electron chi connectivity index (χ3n) is 3.79. The van der Waals surface area contributed by atoms with Crippen molar-refractivity contribution < 1.29 is 9.21 Å². The zero-order valence-electron chi connectivity index (χ0n) is 13.1. The summed E-state index contributed by atoms with van der Waals surface area (Å²) in [6.07, 6.45) is 1.61. The highest BCUT2D eigenvalue weighted by molar-refractivity contribution is 5.80. The molecule has 0 saturated carbocycles. The van der Waals surface area contributed by atoms with Crippen LogP contribution in [0.25, 0.3) is 10.8 Å². The topological polar surface area (TPSA) is 97.1 Å². The molecule has 124 valence electrons. The third kappa shape index (κ3) is 3.15. The number of aromatic amines is 1. The molecule has 1 aromatic carbocycles. The largest absolute Gasteiger partial charge is 0.467 e. The molecule has 0 aliphatic rings. The van der Waals surface area contributed by atoms with E-state index in [0.717, 1.165) is 0 Å². The van der Waals surface area contributed by atoms with Crippen molar-refractivity contribution in [3.8, 4) is 0 Å². The highest BCUT2D eigenvalue weighted by Gasteiger charge is 2.13. The van der Waals surface area contributed by atoms with Crippen LogP contribution in [0.1, 0.15) is 25.1 Å². The quantitative estimate of drug-likeness (QED) is 0.743. The summed E-state index contributed by atoms with van der Waals surface area (Å²) in [6.45, 7) is 1.90. The van der Waals surface area contributed by atoms with Gasteiger partial charge in [0.05, 0.1) is 29.6 Å². The van der Waals surface area contributed by atoms with Crippen molar-refractivity contribution in [3.05, 3.63) is 69.1 Å². The van der Waals surface area contributed by atoms with Gasteiger partial charge in [0.1, 0.15) is 5.76 Å². The number of benzene rings is 1. The molecule has 2 heterocycles. The Morgan fingerprint density at radius 1 is 1.21 bits per heavy atom. The van der Waals surface area contributed by atoms with Crippen LogP contribution in [0.5, 0.6) is 0 Å². The van der Waals surface area contributed by atoms with Crippen molar-refractivity contribution in [2.24, 2.45) is 0 Å². The van der Waals surface area contributed by atoms with Gasteiger partial charge in [0.25, 0.3) is 11.1 Å². The molecule has 0 fully saturated rings. The minimum absolute atomic E-state index is 0.0687. The van der Waals surface area contributed by atoms with E-state index >= 15 is 0 Å². The number of H-pyrrole nitrogens is 1. The zero-order valence-corrected chi connectivity index (χ0v) is 13.1. The summed E-state index contributed by atoms with van der Waals surface area (Å²) < 4.78 is 6.39. The summed E-state index contributed by atoms with van der Waals surface area (Å²) in [6, 6.07) is 9.85. The number of rotatable bonds is 5. The molecule has 1 amide bonds.